The van der Waals surface area contributed by atoms with Crippen molar-refractivity contribution in [3.8, 4) is 0 Å². The molecular weight excluding hydrogens is 246 g/mol. The third kappa shape index (κ3) is 4.04. The van der Waals surface area contributed by atoms with Gasteiger partial charge < -0.3 is 19.7 Å². The van der Waals surface area contributed by atoms with Crippen molar-refractivity contribution >= 4 is 5.97 Å². The van der Waals surface area contributed by atoms with Gasteiger partial charge in [0.1, 0.15) is 0 Å². The summed E-state index contributed by atoms with van der Waals surface area (Å²) in [6.07, 6.45) is 5.05. The second-order valence-electron chi connectivity index (χ2n) is 4.88. The van der Waals surface area contributed by atoms with Crippen molar-refractivity contribution < 1.29 is 14.6 Å². The van der Waals surface area contributed by atoms with Gasteiger partial charge in [0.05, 0.1) is 18.1 Å². The number of nitrogens with zero attached hydrogens (tertiary/aromatic N) is 2. The molecule has 0 aliphatic carbocycles. The average molecular weight is 267 g/mol. The molecule has 0 amide bonds. The fourth-order valence-electron chi connectivity index (χ4n) is 2.25. The van der Waals surface area contributed by atoms with Gasteiger partial charge in [-0.2, -0.15) is 0 Å². The van der Waals surface area contributed by atoms with Crippen molar-refractivity contribution in [3.05, 3.63) is 18.2 Å². The largest absolute Gasteiger partial charge is 0.479 e. The second kappa shape index (κ2) is 6.68. The monoisotopic (exact) mass is 267 g/mol. The summed E-state index contributed by atoms with van der Waals surface area (Å²) >= 11 is 0. The Hall–Kier alpha value is -1.40. The molecule has 1 unspecified atom stereocenters. The van der Waals surface area contributed by atoms with Crippen molar-refractivity contribution in [2.75, 3.05) is 13.1 Å². The highest BCUT2D eigenvalue weighted by molar-refractivity contribution is 5.72. The molecule has 6 heteroatoms. The van der Waals surface area contributed by atoms with E-state index in [2.05, 4.69) is 17.2 Å². The molecule has 1 aliphatic rings. The van der Waals surface area contributed by atoms with E-state index in [4.69, 9.17) is 4.74 Å². The Morgan fingerprint density at radius 3 is 3.21 bits per heavy atom. The molecule has 0 saturated carbocycles. The van der Waals surface area contributed by atoms with E-state index >= 15 is 0 Å². The van der Waals surface area contributed by atoms with Gasteiger partial charge in [0.2, 0.25) is 0 Å². The van der Waals surface area contributed by atoms with E-state index < -0.39 is 12.1 Å². The van der Waals surface area contributed by atoms with Gasteiger partial charge in [0.15, 0.2) is 6.10 Å². The molecule has 1 aliphatic heterocycles. The SMILES string of the molecule is CCCn1cnc(CC(O[C@@H]2CCNC2)C(=O)O)c1. The van der Waals surface area contributed by atoms with Gasteiger partial charge in [0, 0.05) is 25.7 Å². The van der Waals surface area contributed by atoms with Gasteiger partial charge in [-0.3, -0.25) is 0 Å². The van der Waals surface area contributed by atoms with E-state index in [0.29, 0.717) is 6.42 Å². The third-order valence-electron chi connectivity index (χ3n) is 3.21. The predicted octanol–water partition coefficient (Wildman–Crippen LogP) is 0.667. The lowest BCUT2D eigenvalue weighted by Gasteiger charge is -2.17. The van der Waals surface area contributed by atoms with E-state index in [1.165, 1.54) is 0 Å². The van der Waals surface area contributed by atoms with Gasteiger partial charge in [-0.1, -0.05) is 6.92 Å². The van der Waals surface area contributed by atoms with Crippen LogP contribution in [0.3, 0.4) is 0 Å². The van der Waals surface area contributed by atoms with Crippen molar-refractivity contribution in [2.24, 2.45) is 0 Å². The van der Waals surface area contributed by atoms with E-state index in [1.54, 1.807) is 6.33 Å². The molecule has 0 radical (unpaired) electrons. The molecular formula is C13H21N3O3. The van der Waals surface area contributed by atoms with Crippen molar-refractivity contribution in [1.29, 1.82) is 0 Å². The maximum atomic E-state index is 11.2. The average Bonchev–Trinajstić information content (AvgIpc) is 3.01. The number of rotatable bonds is 7. The minimum Gasteiger partial charge on any atom is -0.479 e. The number of carbonyl (C=O) groups is 1. The highest BCUT2D eigenvalue weighted by atomic mass is 16.5. The van der Waals surface area contributed by atoms with Crippen molar-refractivity contribution in [3.63, 3.8) is 0 Å². The van der Waals surface area contributed by atoms with Crippen LogP contribution in [0.15, 0.2) is 12.5 Å². The first-order valence-corrected chi connectivity index (χ1v) is 6.78. The van der Waals surface area contributed by atoms with Crippen LogP contribution in [0.4, 0.5) is 0 Å². The summed E-state index contributed by atoms with van der Waals surface area (Å²) < 4.78 is 7.61. The van der Waals surface area contributed by atoms with Gasteiger partial charge in [0.25, 0.3) is 0 Å². The van der Waals surface area contributed by atoms with Gasteiger partial charge in [-0.15, -0.1) is 0 Å². The first-order chi connectivity index (χ1) is 9.19. The Balaban J connectivity index is 1.92. The van der Waals surface area contributed by atoms with Crippen LogP contribution in [0.25, 0.3) is 0 Å². The van der Waals surface area contributed by atoms with Crippen molar-refractivity contribution in [2.45, 2.75) is 44.9 Å². The Labute approximate surface area is 112 Å². The topological polar surface area (TPSA) is 76.4 Å². The van der Waals surface area contributed by atoms with Crippen LogP contribution in [0.5, 0.6) is 0 Å². The first-order valence-electron chi connectivity index (χ1n) is 6.78. The number of aryl methyl sites for hydroxylation is 1. The molecule has 2 rings (SSSR count). The maximum Gasteiger partial charge on any atom is 0.333 e. The molecule has 19 heavy (non-hydrogen) atoms. The highest BCUT2D eigenvalue weighted by Crippen LogP contribution is 2.11. The van der Waals surface area contributed by atoms with Crippen molar-refractivity contribution in [1.82, 2.24) is 14.9 Å². The van der Waals surface area contributed by atoms with E-state index in [0.717, 1.165) is 38.2 Å². The number of ether oxygens (including phenoxy) is 1. The summed E-state index contributed by atoms with van der Waals surface area (Å²) in [6.45, 7) is 4.62. The number of nitrogens with one attached hydrogen (secondary N) is 1. The predicted molar refractivity (Wildman–Crippen MR) is 70.0 cm³/mol. The third-order valence-corrected chi connectivity index (χ3v) is 3.21. The second-order valence-corrected chi connectivity index (χ2v) is 4.88. The zero-order valence-corrected chi connectivity index (χ0v) is 11.2. The Bertz CT molecular complexity index is 413. The van der Waals surface area contributed by atoms with Crippen LogP contribution in [-0.4, -0.2) is 45.9 Å². The lowest BCUT2D eigenvalue weighted by molar-refractivity contribution is -0.153. The summed E-state index contributed by atoms with van der Waals surface area (Å²) in [5.41, 5.74) is 0.770. The summed E-state index contributed by atoms with van der Waals surface area (Å²) in [5.74, 6) is -0.919. The van der Waals surface area contributed by atoms with Gasteiger partial charge in [-0.05, 0) is 19.4 Å². The molecule has 1 aromatic heterocycles. The van der Waals surface area contributed by atoms with Crippen LogP contribution >= 0.6 is 0 Å². The van der Waals surface area contributed by atoms with Gasteiger partial charge in [-0.25, -0.2) is 9.78 Å². The van der Waals surface area contributed by atoms with Crippen LogP contribution in [0.2, 0.25) is 0 Å². The van der Waals surface area contributed by atoms with Crippen LogP contribution in [0.1, 0.15) is 25.5 Å². The first kappa shape index (κ1) is 14.0. The number of carboxylic acid groups (broad SMARTS) is 1. The minimum atomic E-state index is -0.919. The molecule has 1 aromatic rings. The Morgan fingerprint density at radius 1 is 1.74 bits per heavy atom. The van der Waals surface area contributed by atoms with Crippen LogP contribution in [0, 0.1) is 0 Å². The number of carboxylic acids is 1. The molecule has 0 bridgehead atoms. The number of imidazole rings is 1. The minimum absolute atomic E-state index is 0.00109. The highest BCUT2D eigenvalue weighted by Gasteiger charge is 2.26. The number of aliphatic carboxylic acids is 1. The molecule has 106 valence electrons. The number of hydrogen-bond donors (Lipinski definition) is 2. The maximum absolute atomic E-state index is 11.2. The fourth-order valence-corrected chi connectivity index (χ4v) is 2.25. The summed E-state index contributed by atoms with van der Waals surface area (Å²) in [5, 5.41) is 12.4. The van der Waals surface area contributed by atoms with E-state index in [-0.39, 0.29) is 6.10 Å². The lowest BCUT2D eigenvalue weighted by atomic mass is 10.2. The normalized spacial score (nSPS) is 20.6. The smallest absolute Gasteiger partial charge is 0.333 e. The quantitative estimate of drug-likeness (QED) is 0.759. The molecule has 2 heterocycles. The van der Waals surface area contributed by atoms with Gasteiger partial charge >= 0.3 is 5.97 Å². The van der Waals surface area contributed by atoms with E-state index in [9.17, 15) is 9.90 Å². The fraction of sp³-hybridized carbons (Fsp3) is 0.692. The summed E-state index contributed by atoms with van der Waals surface area (Å²) in [7, 11) is 0. The summed E-state index contributed by atoms with van der Waals surface area (Å²) in [4.78, 5) is 15.5. The molecule has 0 spiro atoms. The van der Waals surface area contributed by atoms with Crippen LogP contribution < -0.4 is 5.32 Å². The van der Waals surface area contributed by atoms with E-state index in [1.807, 2.05) is 10.8 Å². The standard InChI is InChI=1S/C13H21N3O3/c1-2-5-16-8-10(15-9-16)6-12(13(17)18)19-11-3-4-14-7-11/h8-9,11-12,14H,2-7H2,1H3,(H,17,18)/t11-,12?/m1/s1. The molecule has 2 N–H and O–H groups in total. The zero-order valence-electron chi connectivity index (χ0n) is 11.2. The molecule has 2 atom stereocenters. The number of hydrogen-bond acceptors (Lipinski definition) is 4. The molecule has 1 saturated heterocycles. The Morgan fingerprint density at radius 2 is 2.58 bits per heavy atom. The lowest BCUT2D eigenvalue weighted by Crippen LogP contribution is -2.32. The summed E-state index contributed by atoms with van der Waals surface area (Å²) in [6, 6.07) is 0. The zero-order chi connectivity index (χ0) is 13.7. The molecule has 0 aromatic carbocycles. The number of aromatic nitrogens is 2. The molecule has 6 nitrogen and oxygen atoms in total. The molecule has 1 fully saturated rings. The Kier molecular flexibility index (Phi) is 4.93. The van der Waals surface area contributed by atoms with Crippen LogP contribution in [-0.2, 0) is 22.5 Å².